The van der Waals surface area contributed by atoms with Gasteiger partial charge in [-0.3, -0.25) is 4.98 Å². The molecule has 2 nitrogen and oxygen atoms in total. The van der Waals surface area contributed by atoms with E-state index in [1.807, 2.05) is 0 Å². The number of likely N-dealkylation sites (tertiary alicyclic amines) is 1. The highest BCUT2D eigenvalue weighted by Gasteiger charge is 2.27. The molecule has 0 spiro atoms. The molecule has 0 amide bonds. The number of unbranched alkanes of at least 4 members (excludes halogenated alkanes) is 5. The molecule has 1 aromatic rings. The van der Waals surface area contributed by atoms with Gasteiger partial charge in [-0.15, -0.1) is 0 Å². The van der Waals surface area contributed by atoms with Crippen molar-refractivity contribution < 1.29 is 0 Å². The summed E-state index contributed by atoms with van der Waals surface area (Å²) in [7, 11) is 0. The molecular weight excluding hydrogens is 232 g/mol. The molecule has 2 heteroatoms. The average Bonchev–Trinajstić information content (AvgIpc) is 2.37. The highest BCUT2D eigenvalue weighted by molar-refractivity contribution is 5.21. The summed E-state index contributed by atoms with van der Waals surface area (Å²) in [5.74, 6) is 0.730. The molecule has 1 saturated heterocycles. The van der Waals surface area contributed by atoms with E-state index in [9.17, 15) is 0 Å². The molecule has 0 radical (unpaired) electrons. The maximum absolute atomic E-state index is 4.39. The van der Waals surface area contributed by atoms with Crippen LogP contribution in [0.5, 0.6) is 0 Å². The van der Waals surface area contributed by atoms with Crippen molar-refractivity contribution in [2.45, 2.75) is 58.3 Å². The number of hydrogen-bond acceptors (Lipinski definition) is 2. The van der Waals surface area contributed by atoms with Crippen LogP contribution >= 0.6 is 0 Å². The Balaban J connectivity index is 1.55. The molecule has 106 valence electrons. The quantitative estimate of drug-likeness (QED) is 0.653. The Hall–Kier alpha value is -0.890. The molecule has 19 heavy (non-hydrogen) atoms. The average molecular weight is 260 g/mol. The van der Waals surface area contributed by atoms with Crippen molar-refractivity contribution in [2.24, 2.45) is 0 Å². The fourth-order valence-electron chi connectivity index (χ4n) is 2.80. The smallest absolute Gasteiger partial charge is 0.0372 e. The van der Waals surface area contributed by atoms with Crippen LogP contribution in [0.1, 0.15) is 62.6 Å². The van der Waals surface area contributed by atoms with Gasteiger partial charge in [-0.25, -0.2) is 0 Å². The third-order valence-electron chi connectivity index (χ3n) is 4.19. The third kappa shape index (κ3) is 4.61. The molecule has 1 aliphatic rings. The maximum atomic E-state index is 4.39. The Morgan fingerprint density at radius 2 is 1.84 bits per heavy atom. The van der Waals surface area contributed by atoms with Crippen molar-refractivity contribution in [3.05, 3.63) is 29.6 Å². The van der Waals surface area contributed by atoms with Crippen molar-refractivity contribution in [1.82, 2.24) is 9.88 Å². The summed E-state index contributed by atoms with van der Waals surface area (Å²) < 4.78 is 0. The zero-order valence-electron chi connectivity index (χ0n) is 12.6. The molecule has 1 aromatic heterocycles. The van der Waals surface area contributed by atoms with Crippen LogP contribution in [0.15, 0.2) is 18.3 Å². The van der Waals surface area contributed by atoms with Gasteiger partial charge < -0.3 is 4.90 Å². The predicted molar refractivity (Wildman–Crippen MR) is 81.5 cm³/mol. The van der Waals surface area contributed by atoms with Gasteiger partial charge >= 0.3 is 0 Å². The van der Waals surface area contributed by atoms with E-state index >= 15 is 0 Å². The Bertz CT molecular complexity index is 352. The minimum Gasteiger partial charge on any atom is -0.302 e. The number of aryl methyl sites for hydroxylation is 1. The molecule has 0 bridgehead atoms. The fourth-order valence-corrected chi connectivity index (χ4v) is 2.80. The molecule has 0 N–H and O–H groups in total. The lowest BCUT2D eigenvalue weighted by molar-refractivity contribution is 0.145. The van der Waals surface area contributed by atoms with Crippen LogP contribution in [0.3, 0.4) is 0 Å². The minimum atomic E-state index is 0.730. The van der Waals surface area contributed by atoms with E-state index in [4.69, 9.17) is 0 Å². The Labute approximate surface area is 118 Å². The summed E-state index contributed by atoms with van der Waals surface area (Å²) in [6, 6.07) is 4.38. The first-order valence-corrected chi connectivity index (χ1v) is 7.94. The monoisotopic (exact) mass is 260 g/mol. The van der Waals surface area contributed by atoms with Gasteiger partial charge in [-0.05, 0) is 31.5 Å². The molecule has 1 aliphatic heterocycles. The number of aromatic nitrogens is 1. The van der Waals surface area contributed by atoms with Gasteiger partial charge in [0.2, 0.25) is 0 Å². The zero-order chi connectivity index (χ0) is 13.5. The van der Waals surface area contributed by atoms with E-state index < -0.39 is 0 Å². The van der Waals surface area contributed by atoms with Crippen molar-refractivity contribution >= 4 is 0 Å². The topological polar surface area (TPSA) is 16.1 Å². The fraction of sp³-hybridized carbons (Fsp3) is 0.706. The first-order valence-electron chi connectivity index (χ1n) is 7.94. The van der Waals surface area contributed by atoms with Crippen LogP contribution in [-0.4, -0.2) is 29.5 Å². The summed E-state index contributed by atoms with van der Waals surface area (Å²) in [6.07, 6.45) is 10.4. The maximum Gasteiger partial charge on any atom is 0.0372 e. The van der Waals surface area contributed by atoms with Crippen LogP contribution in [0, 0.1) is 6.92 Å². The molecule has 0 unspecified atom stereocenters. The Kier molecular flexibility index (Phi) is 5.84. The normalized spacial score (nSPS) is 16.5. The number of pyridine rings is 1. The molecule has 0 saturated carbocycles. The SMILES string of the molecule is CCCCCCCCN1CC(c2ccc(C)nc2)C1. The van der Waals surface area contributed by atoms with E-state index in [2.05, 4.69) is 42.1 Å². The molecule has 1 fully saturated rings. The lowest BCUT2D eigenvalue weighted by atomic mass is 9.92. The number of rotatable bonds is 8. The summed E-state index contributed by atoms with van der Waals surface area (Å²) in [5, 5.41) is 0. The van der Waals surface area contributed by atoms with Gasteiger partial charge in [0.1, 0.15) is 0 Å². The molecule has 0 atom stereocenters. The van der Waals surface area contributed by atoms with Crippen molar-refractivity contribution in [3.63, 3.8) is 0 Å². The van der Waals surface area contributed by atoms with Crippen LogP contribution in [0.2, 0.25) is 0 Å². The Morgan fingerprint density at radius 1 is 1.11 bits per heavy atom. The van der Waals surface area contributed by atoms with Crippen molar-refractivity contribution in [3.8, 4) is 0 Å². The summed E-state index contributed by atoms with van der Waals surface area (Å²) >= 11 is 0. The summed E-state index contributed by atoms with van der Waals surface area (Å²) in [6.45, 7) is 8.09. The minimum absolute atomic E-state index is 0.730. The van der Waals surface area contributed by atoms with Crippen LogP contribution in [-0.2, 0) is 0 Å². The molecule has 2 heterocycles. The first kappa shape index (κ1) is 14.5. The molecule has 2 rings (SSSR count). The molecular formula is C17H28N2. The highest BCUT2D eigenvalue weighted by atomic mass is 15.2. The largest absolute Gasteiger partial charge is 0.302 e. The van der Waals surface area contributed by atoms with E-state index in [-0.39, 0.29) is 0 Å². The summed E-state index contributed by atoms with van der Waals surface area (Å²) in [5.41, 5.74) is 2.54. The van der Waals surface area contributed by atoms with E-state index in [0.717, 1.165) is 11.6 Å². The van der Waals surface area contributed by atoms with Crippen LogP contribution in [0.25, 0.3) is 0 Å². The Morgan fingerprint density at radius 3 is 2.53 bits per heavy atom. The molecule has 0 aromatic carbocycles. The van der Waals surface area contributed by atoms with Gasteiger partial charge in [-0.2, -0.15) is 0 Å². The third-order valence-corrected chi connectivity index (χ3v) is 4.19. The second kappa shape index (κ2) is 7.64. The lowest BCUT2D eigenvalue weighted by Gasteiger charge is -2.39. The second-order valence-corrected chi connectivity index (χ2v) is 5.96. The van der Waals surface area contributed by atoms with Gasteiger partial charge in [0.05, 0.1) is 0 Å². The van der Waals surface area contributed by atoms with Gasteiger partial charge in [0.25, 0.3) is 0 Å². The van der Waals surface area contributed by atoms with Crippen LogP contribution in [0.4, 0.5) is 0 Å². The standard InChI is InChI=1S/C17H28N2/c1-3-4-5-6-7-8-11-19-13-17(14-19)16-10-9-15(2)18-12-16/h9-10,12,17H,3-8,11,13-14H2,1-2H3. The van der Waals surface area contributed by atoms with E-state index in [1.54, 1.807) is 0 Å². The first-order chi connectivity index (χ1) is 9.29. The zero-order valence-corrected chi connectivity index (χ0v) is 12.6. The lowest BCUT2D eigenvalue weighted by Crippen LogP contribution is -2.45. The van der Waals surface area contributed by atoms with Crippen molar-refractivity contribution in [1.29, 1.82) is 0 Å². The van der Waals surface area contributed by atoms with Gasteiger partial charge in [-0.1, -0.05) is 45.1 Å². The predicted octanol–water partition coefficient (Wildman–Crippen LogP) is 4.15. The summed E-state index contributed by atoms with van der Waals surface area (Å²) in [4.78, 5) is 6.98. The van der Waals surface area contributed by atoms with Gasteiger partial charge in [0.15, 0.2) is 0 Å². The highest BCUT2D eigenvalue weighted by Crippen LogP contribution is 2.26. The van der Waals surface area contributed by atoms with E-state index in [1.165, 1.54) is 63.7 Å². The van der Waals surface area contributed by atoms with Gasteiger partial charge in [0, 0.05) is 30.9 Å². The van der Waals surface area contributed by atoms with Crippen LogP contribution < -0.4 is 0 Å². The number of nitrogens with zero attached hydrogens (tertiary/aromatic N) is 2. The second-order valence-electron chi connectivity index (χ2n) is 5.96. The van der Waals surface area contributed by atoms with Crippen molar-refractivity contribution in [2.75, 3.05) is 19.6 Å². The van der Waals surface area contributed by atoms with E-state index in [0.29, 0.717) is 0 Å². The number of hydrogen-bond donors (Lipinski definition) is 0. The molecule has 0 aliphatic carbocycles.